The molecule has 1 amide bonds. The number of unbranched alkanes of at least 4 members (excludes halogenated alkanes) is 1. The molecular weight excluding hydrogens is 240 g/mol. The maximum Gasteiger partial charge on any atom is 0.407 e. The van der Waals surface area contributed by atoms with Gasteiger partial charge in [-0.25, -0.2) is 4.79 Å². The molecule has 0 aromatic carbocycles. The van der Waals surface area contributed by atoms with Gasteiger partial charge in [-0.05, 0) is 27.2 Å². The number of alkyl carbamates (subject to hydrolysis) is 1. The maximum absolute atomic E-state index is 11.5. The molecule has 0 unspecified atom stereocenters. The molecule has 1 atom stereocenters. The number of amides is 1. The molecule has 0 bridgehead atoms. The summed E-state index contributed by atoms with van der Waals surface area (Å²) in [6.07, 6.45) is 1.81. The summed E-state index contributed by atoms with van der Waals surface area (Å²) in [5.74, 6) is 0. The molecule has 7 heteroatoms. The van der Waals surface area contributed by atoms with E-state index in [0.29, 0.717) is 6.42 Å². The molecule has 106 valence electrons. The maximum atomic E-state index is 11.5. The standard InChI is InChI=1S/C11H22N2O5/c1-5-6-7-9(8-17-13(15)16)12-10(14)18-11(2,3)4/h9H,5-8H2,1-4H3,(H,12,14)/t9-/m0/s1. The molecule has 0 aliphatic rings. The van der Waals surface area contributed by atoms with E-state index in [4.69, 9.17) is 4.74 Å². The van der Waals surface area contributed by atoms with Crippen LogP contribution < -0.4 is 5.32 Å². The highest BCUT2D eigenvalue weighted by molar-refractivity contribution is 5.68. The van der Waals surface area contributed by atoms with Crippen LogP contribution in [0.15, 0.2) is 0 Å². The number of hydrogen-bond acceptors (Lipinski definition) is 5. The van der Waals surface area contributed by atoms with Gasteiger partial charge in [0.25, 0.3) is 5.09 Å². The molecule has 0 aliphatic heterocycles. The van der Waals surface area contributed by atoms with E-state index in [9.17, 15) is 14.9 Å². The van der Waals surface area contributed by atoms with Gasteiger partial charge in [-0.1, -0.05) is 19.8 Å². The third-order valence-electron chi connectivity index (χ3n) is 2.01. The molecule has 0 heterocycles. The van der Waals surface area contributed by atoms with E-state index in [1.54, 1.807) is 20.8 Å². The lowest BCUT2D eigenvalue weighted by atomic mass is 10.1. The van der Waals surface area contributed by atoms with Crippen molar-refractivity contribution in [3.05, 3.63) is 10.1 Å². The van der Waals surface area contributed by atoms with Gasteiger partial charge in [-0.15, -0.1) is 10.1 Å². The molecule has 0 spiro atoms. The molecular formula is C11H22N2O5. The lowest BCUT2D eigenvalue weighted by molar-refractivity contribution is -0.758. The Morgan fingerprint density at radius 2 is 2.06 bits per heavy atom. The molecule has 0 aliphatic carbocycles. The van der Waals surface area contributed by atoms with E-state index in [1.165, 1.54) is 0 Å². The number of ether oxygens (including phenoxy) is 1. The Hall–Kier alpha value is -1.53. The van der Waals surface area contributed by atoms with Gasteiger partial charge in [0.15, 0.2) is 0 Å². The van der Waals surface area contributed by atoms with Crippen LogP contribution in [0, 0.1) is 10.1 Å². The molecule has 7 nitrogen and oxygen atoms in total. The Morgan fingerprint density at radius 1 is 1.44 bits per heavy atom. The van der Waals surface area contributed by atoms with Gasteiger partial charge in [0.05, 0.1) is 6.04 Å². The zero-order valence-corrected chi connectivity index (χ0v) is 11.4. The van der Waals surface area contributed by atoms with Gasteiger partial charge in [0, 0.05) is 0 Å². The first-order chi connectivity index (χ1) is 8.24. The van der Waals surface area contributed by atoms with Crippen LogP contribution in [0.1, 0.15) is 47.0 Å². The number of rotatable bonds is 7. The van der Waals surface area contributed by atoms with Crippen LogP contribution in [0.25, 0.3) is 0 Å². The smallest absolute Gasteiger partial charge is 0.407 e. The van der Waals surface area contributed by atoms with Crippen molar-refractivity contribution in [2.75, 3.05) is 6.61 Å². The van der Waals surface area contributed by atoms with E-state index in [-0.39, 0.29) is 6.61 Å². The summed E-state index contributed by atoms with van der Waals surface area (Å²) in [6, 6.07) is -0.412. The average Bonchev–Trinajstić information content (AvgIpc) is 2.19. The van der Waals surface area contributed by atoms with Crippen LogP contribution >= 0.6 is 0 Å². The Labute approximate surface area is 107 Å². The van der Waals surface area contributed by atoms with Crippen molar-refractivity contribution in [2.45, 2.75) is 58.6 Å². The minimum Gasteiger partial charge on any atom is -0.444 e. The number of carbonyl (C=O) groups excluding carboxylic acids is 1. The summed E-state index contributed by atoms with van der Waals surface area (Å²) in [6.45, 7) is 7.09. The summed E-state index contributed by atoms with van der Waals surface area (Å²) < 4.78 is 5.08. The van der Waals surface area contributed by atoms with Crippen LogP contribution in [0.5, 0.6) is 0 Å². The summed E-state index contributed by atoms with van der Waals surface area (Å²) in [5.41, 5.74) is -0.594. The normalized spacial score (nSPS) is 12.7. The summed E-state index contributed by atoms with van der Waals surface area (Å²) >= 11 is 0. The van der Waals surface area contributed by atoms with Crippen molar-refractivity contribution < 1.29 is 19.5 Å². The van der Waals surface area contributed by atoms with Crippen LogP contribution in [-0.4, -0.2) is 29.4 Å². The van der Waals surface area contributed by atoms with Gasteiger partial charge in [-0.3, -0.25) is 0 Å². The van der Waals surface area contributed by atoms with E-state index in [2.05, 4.69) is 10.2 Å². The van der Waals surface area contributed by atoms with Crippen LogP contribution in [0.2, 0.25) is 0 Å². The first kappa shape index (κ1) is 16.5. The second-order valence-electron chi connectivity index (χ2n) is 5.00. The van der Waals surface area contributed by atoms with Crippen LogP contribution in [0.4, 0.5) is 4.79 Å². The summed E-state index contributed by atoms with van der Waals surface area (Å²) in [5, 5.41) is 11.8. The fourth-order valence-corrected chi connectivity index (χ4v) is 1.27. The monoisotopic (exact) mass is 262 g/mol. The lowest BCUT2D eigenvalue weighted by Gasteiger charge is -2.23. The van der Waals surface area contributed by atoms with Crippen molar-refractivity contribution in [3.8, 4) is 0 Å². The molecule has 0 radical (unpaired) electrons. The Morgan fingerprint density at radius 3 is 2.50 bits per heavy atom. The Bertz CT molecular complexity index is 275. The number of nitrogens with one attached hydrogen (secondary N) is 1. The molecule has 0 rings (SSSR count). The molecule has 0 saturated heterocycles. The van der Waals surface area contributed by atoms with Gasteiger partial charge in [-0.2, -0.15) is 0 Å². The molecule has 0 aromatic rings. The number of nitrogens with zero attached hydrogens (tertiary/aromatic N) is 1. The zero-order chi connectivity index (χ0) is 14.2. The largest absolute Gasteiger partial charge is 0.444 e. The average molecular weight is 262 g/mol. The lowest BCUT2D eigenvalue weighted by Crippen LogP contribution is -2.41. The predicted octanol–water partition coefficient (Wildman–Crippen LogP) is 2.28. The Balaban J connectivity index is 4.20. The predicted molar refractivity (Wildman–Crippen MR) is 65.6 cm³/mol. The summed E-state index contributed by atoms with van der Waals surface area (Å²) in [7, 11) is 0. The highest BCUT2D eigenvalue weighted by atomic mass is 16.9. The zero-order valence-electron chi connectivity index (χ0n) is 11.4. The Kier molecular flexibility index (Phi) is 7.07. The fraction of sp³-hybridized carbons (Fsp3) is 0.909. The van der Waals surface area contributed by atoms with E-state index in [0.717, 1.165) is 12.8 Å². The highest BCUT2D eigenvalue weighted by Gasteiger charge is 2.20. The second kappa shape index (κ2) is 7.73. The van der Waals surface area contributed by atoms with Crippen molar-refractivity contribution in [3.63, 3.8) is 0 Å². The second-order valence-corrected chi connectivity index (χ2v) is 5.00. The van der Waals surface area contributed by atoms with Gasteiger partial charge < -0.3 is 14.9 Å². The van der Waals surface area contributed by atoms with E-state index >= 15 is 0 Å². The quantitative estimate of drug-likeness (QED) is 0.561. The first-order valence-electron chi connectivity index (χ1n) is 6.01. The number of hydrogen-bond donors (Lipinski definition) is 1. The van der Waals surface area contributed by atoms with E-state index in [1.807, 2.05) is 6.92 Å². The number of carbonyl (C=O) groups is 1. The summed E-state index contributed by atoms with van der Waals surface area (Å²) in [4.78, 5) is 25.9. The molecule has 0 fully saturated rings. The third-order valence-corrected chi connectivity index (χ3v) is 2.01. The third kappa shape index (κ3) is 9.68. The minimum atomic E-state index is -0.865. The topological polar surface area (TPSA) is 90.7 Å². The van der Waals surface area contributed by atoms with Crippen LogP contribution in [-0.2, 0) is 9.57 Å². The van der Waals surface area contributed by atoms with Crippen LogP contribution in [0.3, 0.4) is 0 Å². The molecule has 0 saturated carbocycles. The van der Waals surface area contributed by atoms with Crippen molar-refractivity contribution in [1.29, 1.82) is 0 Å². The van der Waals surface area contributed by atoms with Crippen molar-refractivity contribution in [2.24, 2.45) is 0 Å². The van der Waals surface area contributed by atoms with Gasteiger partial charge in [0.1, 0.15) is 12.2 Å². The highest BCUT2D eigenvalue weighted by Crippen LogP contribution is 2.08. The van der Waals surface area contributed by atoms with Gasteiger partial charge in [0.2, 0.25) is 0 Å². The van der Waals surface area contributed by atoms with Gasteiger partial charge >= 0.3 is 6.09 Å². The molecule has 0 aromatic heterocycles. The van der Waals surface area contributed by atoms with E-state index < -0.39 is 22.8 Å². The van der Waals surface area contributed by atoms with Crippen molar-refractivity contribution in [1.82, 2.24) is 5.32 Å². The molecule has 18 heavy (non-hydrogen) atoms. The van der Waals surface area contributed by atoms with Crippen molar-refractivity contribution >= 4 is 6.09 Å². The SMILES string of the molecule is CCCC[C@@H](CO[N+](=O)[O-])NC(=O)OC(C)(C)C. The first-order valence-corrected chi connectivity index (χ1v) is 6.01. The fourth-order valence-electron chi connectivity index (χ4n) is 1.27. The minimum absolute atomic E-state index is 0.160. The molecule has 1 N–H and O–H groups in total.